The molecule has 0 fully saturated rings. The van der Waals surface area contributed by atoms with Crippen LogP contribution >= 0.6 is 0 Å². The number of carbonyl (C=O) groups excluding carboxylic acids is 1. The Morgan fingerprint density at radius 2 is 1.54 bits per heavy atom. The van der Waals surface area contributed by atoms with Gasteiger partial charge in [0.15, 0.2) is 34.8 Å². The van der Waals surface area contributed by atoms with Gasteiger partial charge in [0.05, 0.1) is 22.8 Å². The summed E-state index contributed by atoms with van der Waals surface area (Å²) in [6, 6.07) is 10.4. The van der Waals surface area contributed by atoms with Crippen molar-refractivity contribution in [3.8, 4) is 11.5 Å². The number of carbonyl (C=O) groups is 1. The second kappa shape index (κ2) is 10.9. The van der Waals surface area contributed by atoms with Crippen LogP contribution in [0.2, 0.25) is 0 Å². The number of hydrogen-bond acceptors (Lipinski definition) is 6. The lowest BCUT2D eigenvalue weighted by Gasteiger charge is -2.15. The third kappa shape index (κ3) is 5.28. The summed E-state index contributed by atoms with van der Waals surface area (Å²) in [6.45, 7) is 3.38. The fourth-order valence-electron chi connectivity index (χ4n) is 3.66. The highest BCUT2D eigenvalue weighted by atomic mass is 19.2. The van der Waals surface area contributed by atoms with E-state index in [-0.39, 0.29) is 40.9 Å². The Morgan fingerprint density at radius 3 is 2.13 bits per heavy atom. The van der Waals surface area contributed by atoms with Gasteiger partial charge in [0, 0.05) is 12.1 Å². The second-order valence-electron chi connectivity index (χ2n) is 8.13. The molecule has 0 saturated carbocycles. The minimum atomic E-state index is -2.35. The van der Waals surface area contributed by atoms with Gasteiger partial charge in [-0.3, -0.25) is 14.9 Å². The number of benzene rings is 3. The third-order valence-corrected chi connectivity index (χ3v) is 5.58. The fraction of sp³-hybridized carbons (Fsp3) is 0.154. The summed E-state index contributed by atoms with van der Waals surface area (Å²) in [5.41, 5.74) is -0.681. The van der Waals surface area contributed by atoms with E-state index in [4.69, 9.17) is 9.47 Å². The predicted molar refractivity (Wildman–Crippen MR) is 130 cm³/mol. The van der Waals surface area contributed by atoms with Crippen LogP contribution in [0.25, 0.3) is 6.08 Å². The molecule has 3 aromatic carbocycles. The topological polar surface area (TPSA) is 94.3 Å². The molecule has 0 atom stereocenters. The summed E-state index contributed by atoms with van der Waals surface area (Å²) in [5.74, 6) is -11.6. The maximum Gasteiger partial charge on any atom is 0.280 e. The van der Waals surface area contributed by atoms with E-state index in [0.717, 1.165) is 0 Å². The van der Waals surface area contributed by atoms with Gasteiger partial charge in [-0.05, 0) is 55.3 Å². The molecule has 1 amide bonds. The Balaban J connectivity index is 1.60. The largest absolute Gasteiger partial charge is 0.490 e. The molecule has 13 heteroatoms. The van der Waals surface area contributed by atoms with Crippen LogP contribution < -0.4 is 14.5 Å². The molecule has 0 aromatic heterocycles. The smallest absolute Gasteiger partial charge is 0.280 e. The minimum Gasteiger partial charge on any atom is -0.490 e. The van der Waals surface area contributed by atoms with Gasteiger partial charge in [-0.25, -0.2) is 22.0 Å². The molecular weight excluding hydrogens is 529 g/mol. The zero-order valence-corrected chi connectivity index (χ0v) is 20.3. The molecule has 202 valence electrons. The van der Waals surface area contributed by atoms with E-state index in [2.05, 4.69) is 5.10 Å². The van der Waals surface area contributed by atoms with Gasteiger partial charge >= 0.3 is 0 Å². The third-order valence-electron chi connectivity index (χ3n) is 5.58. The molecule has 0 radical (unpaired) electrons. The predicted octanol–water partition coefficient (Wildman–Crippen LogP) is 6.07. The van der Waals surface area contributed by atoms with Crippen LogP contribution in [0.1, 0.15) is 25.0 Å². The first kappa shape index (κ1) is 27.2. The normalized spacial score (nSPS) is 14.1. The standard InChI is InChI=1S/C26H18F5N3O5/c1-3-38-19-11-15(6-9-18(19)39-12-14-4-7-16(8-5-14)34(36)37)10-17-13(2)32-33(26(17)35)25-23(30)21(28)20(27)22(29)24(25)31/h4-11H,3,12H2,1-2H3/b17-10+. The number of nitrogens with zero attached hydrogens (tertiary/aromatic N) is 3. The minimum absolute atomic E-state index is 0.0274. The summed E-state index contributed by atoms with van der Waals surface area (Å²) >= 11 is 0. The number of halogens is 5. The summed E-state index contributed by atoms with van der Waals surface area (Å²) in [6.07, 6.45) is 1.32. The van der Waals surface area contributed by atoms with Crippen molar-refractivity contribution in [2.75, 3.05) is 11.6 Å². The first-order chi connectivity index (χ1) is 18.5. The first-order valence-corrected chi connectivity index (χ1v) is 11.3. The SMILES string of the molecule is CCOc1cc(/C=C2/C(=O)N(c3c(F)c(F)c(F)c(F)c3F)N=C2C)ccc1OCc1ccc([N+](=O)[O-])cc1. The molecule has 3 aromatic rings. The second-order valence-corrected chi connectivity index (χ2v) is 8.13. The van der Waals surface area contributed by atoms with Gasteiger partial charge in [0.25, 0.3) is 11.6 Å². The van der Waals surface area contributed by atoms with Gasteiger partial charge in [-0.1, -0.05) is 6.07 Å². The van der Waals surface area contributed by atoms with E-state index in [1.807, 2.05) is 0 Å². The number of nitro benzene ring substituents is 1. The molecule has 1 aliphatic heterocycles. The summed E-state index contributed by atoms with van der Waals surface area (Å²) < 4.78 is 80.7. The lowest BCUT2D eigenvalue weighted by Crippen LogP contribution is -2.25. The Morgan fingerprint density at radius 1 is 0.923 bits per heavy atom. The fourth-order valence-corrected chi connectivity index (χ4v) is 3.66. The van der Waals surface area contributed by atoms with Crippen LogP contribution in [0, 0.1) is 39.2 Å². The van der Waals surface area contributed by atoms with Gasteiger partial charge in [-0.2, -0.15) is 10.1 Å². The van der Waals surface area contributed by atoms with Crippen LogP contribution in [0.4, 0.5) is 33.3 Å². The lowest BCUT2D eigenvalue weighted by atomic mass is 10.1. The number of ether oxygens (including phenoxy) is 2. The molecule has 0 unspecified atom stereocenters. The van der Waals surface area contributed by atoms with Crippen molar-refractivity contribution in [2.45, 2.75) is 20.5 Å². The quantitative estimate of drug-likeness (QED) is 0.0852. The highest BCUT2D eigenvalue weighted by Gasteiger charge is 2.37. The van der Waals surface area contributed by atoms with Crippen LogP contribution in [0.5, 0.6) is 11.5 Å². The monoisotopic (exact) mass is 547 g/mol. The molecule has 1 aliphatic rings. The number of hydrazone groups is 1. The van der Waals surface area contributed by atoms with Gasteiger partial charge < -0.3 is 9.47 Å². The zero-order valence-electron chi connectivity index (χ0n) is 20.3. The van der Waals surface area contributed by atoms with Crippen molar-refractivity contribution in [1.82, 2.24) is 0 Å². The van der Waals surface area contributed by atoms with Crippen molar-refractivity contribution in [3.63, 3.8) is 0 Å². The summed E-state index contributed by atoms with van der Waals surface area (Å²) in [7, 11) is 0. The van der Waals surface area contributed by atoms with Crippen molar-refractivity contribution in [3.05, 3.63) is 98.4 Å². The average Bonchev–Trinajstić information content (AvgIpc) is 3.19. The molecule has 0 aliphatic carbocycles. The van der Waals surface area contributed by atoms with Crippen molar-refractivity contribution in [1.29, 1.82) is 0 Å². The molecule has 0 saturated heterocycles. The van der Waals surface area contributed by atoms with Gasteiger partial charge in [0.1, 0.15) is 12.3 Å². The average molecular weight is 547 g/mol. The molecular formula is C26H18F5N3O5. The van der Waals surface area contributed by atoms with E-state index < -0.39 is 45.6 Å². The Bertz CT molecular complexity index is 1510. The number of amides is 1. The number of anilines is 1. The van der Waals surface area contributed by atoms with Gasteiger partial charge in [0.2, 0.25) is 5.82 Å². The molecule has 39 heavy (non-hydrogen) atoms. The van der Waals surface area contributed by atoms with E-state index in [9.17, 15) is 36.9 Å². The molecule has 4 rings (SSSR count). The van der Waals surface area contributed by atoms with Crippen molar-refractivity contribution < 1.29 is 41.1 Å². The van der Waals surface area contributed by atoms with E-state index >= 15 is 0 Å². The van der Waals surface area contributed by atoms with Crippen LogP contribution in [-0.2, 0) is 11.4 Å². The number of non-ortho nitro benzene ring substituents is 1. The van der Waals surface area contributed by atoms with Gasteiger partial charge in [-0.15, -0.1) is 0 Å². The maximum absolute atomic E-state index is 14.3. The van der Waals surface area contributed by atoms with E-state index in [1.165, 1.54) is 37.3 Å². The maximum atomic E-state index is 14.3. The Hall–Kier alpha value is -4.81. The van der Waals surface area contributed by atoms with E-state index in [0.29, 0.717) is 16.9 Å². The number of hydrogen-bond donors (Lipinski definition) is 0. The summed E-state index contributed by atoms with van der Waals surface area (Å²) in [5, 5.41) is 14.6. The van der Waals surface area contributed by atoms with E-state index in [1.54, 1.807) is 25.1 Å². The highest BCUT2D eigenvalue weighted by Crippen LogP contribution is 2.35. The highest BCUT2D eigenvalue weighted by molar-refractivity contribution is 6.32. The Labute approximate surface area is 217 Å². The van der Waals surface area contributed by atoms with Crippen LogP contribution in [-0.4, -0.2) is 23.1 Å². The van der Waals surface area contributed by atoms with Crippen molar-refractivity contribution >= 4 is 29.1 Å². The number of rotatable bonds is 8. The molecule has 0 N–H and O–H groups in total. The first-order valence-electron chi connectivity index (χ1n) is 11.3. The molecule has 8 nitrogen and oxygen atoms in total. The summed E-state index contributed by atoms with van der Waals surface area (Å²) in [4.78, 5) is 23.2. The molecule has 1 heterocycles. The number of nitro groups is 1. The molecule has 0 bridgehead atoms. The zero-order chi connectivity index (χ0) is 28.4. The Kier molecular flexibility index (Phi) is 7.61. The van der Waals surface area contributed by atoms with Crippen molar-refractivity contribution in [2.24, 2.45) is 5.10 Å². The van der Waals surface area contributed by atoms with Crippen LogP contribution in [0.3, 0.4) is 0 Å². The molecule has 0 spiro atoms. The lowest BCUT2D eigenvalue weighted by molar-refractivity contribution is -0.384. The van der Waals surface area contributed by atoms with Crippen LogP contribution in [0.15, 0.2) is 53.1 Å².